The van der Waals surface area contributed by atoms with Crippen molar-refractivity contribution in [1.82, 2.24) is 4.98 Å². The Labute approximate surface area is 118 Å². The van der Waals surface area contributed by atoms with Gasteiger partial charge in [0.15, 0.2) is 5.78 Å². The van der Waals surface area contributed by atoms with E-state index in [0.717, 1.165) is 16.8 Å². The fourth-order valence-corrected chi connectivity index (χ4v) is 1.92. The average molecular weight is 270 g/mol. The van der Waals surface area contributed by atoms with Crippen LogP contribution >= 0.6 is 0 Å². The smallest absolute Gasteiger partial charge is 0.218 e. The van der Waals surface area contributed by atoms with Gasteiger partial charge in [0.2, 0.25) is 5.88 Å². The van der Waals surface area contributed by atoms with Crippen LogP contribution in [0, 0.1) is 0 Å². The molecule has 2 rings (SSSR count). The van der Waals surface area contributed by atoms with Crippen LogP contribution in [-0.2, 0) is 6.54 Å². The molecule has 104 valence electrons. The molecule has 0 aliphatic carbocycles. The molecule has 0 aliphatic heterocycles. The topological polar surface area (TPSA) is 51.2 Å². The van der Waals surface area contributed by atoms with E-state index < -0.39 is 0 Å². The molecule has 20 heavy (non-hydrogen) atoms. The molecule has 2 aromatic rings. The molecule has 0 aliphatic rings. The van der Waals surface area contributed by atoms with Crippen molar-refractivity contribution in [2.24, 2.45) is 0 Å². The van der Waals surface area contributed by atoms with Crippen molar-refractivity contribution < 1.29 is 9.53 Å². The number of rotatable bonds is 6. The van der Waals surface area contributed by atoms with Gasteiger partial charge in [0, 0.05) is 36.0 Å². The molecule has 0 saturated carbocycles. The van der Waals surface area contributed by atoms with Gasteiger partial charge in [-0.25, -0.2) is 4.98 Å². The van der Waals surface area contributed by atoms with E-state index in [1.54, 1.807) is 13.3 Å². The van der Waals surface area contributed by atoms with E-state index in [0.29, 0.717) is 18.8 Å². The van der Waals surface area contributed by atoms with Gasteiger partial charge >= 0.3 is 0 Å². The monoisotopic (exact) mass is 270 g/mol. The maximum absolute atomic E-state index is 11.5. The van der Waals surface area contributed by atoms with Crippen molar-refractivity contribution in [3.05, 3.63) is 53.7 Å². The minimum absolute atomic E-state index is 0.158. The van der Waals surface area contributed by atoms with Gasteiger partial charge in [-0.1, -0.05) is 13.0 Å². The highest BCUT2D eigenvalue weighted by molar-refractivity contribution is 5.96. The Balaban J connectivity index is 2.02. The summed E-state index contributed by atoms with van der Waals surface area (Å²) in [6.07, 6.45) is 2.23. The lowest BCUT2D eigenvalue weighted by molar-refractivity contribution is 0.0988. The van der Waals surface area contributed by atoms with Crippen molar-refractivity contribution in [3.8, 4) is 5.88 Å². The van der Waals surface area contributed by atoms with Gasteiger partial charge in [-0.2, -0.15) is 0 Å². The van der Waals surface area contributed by atoms with Gasteiger partial charge in [-0.3, -0.25) is 4.79 Å². The molecule has 1 aromatic heterocycles. The fourth-order valence-electron chi connectivity index (χ4n) is 1.92. The van der Waals surface area contributed by atoms with Crippen molar-refractivity contribution >= 4 is 11.5 Å². The van der Waals surface area contributed by atoms with Crippen molar-refractivity contribution in [1.29, 1.82) is 0 Å². The van der Waals surface area contributed by atoms with Gasteiger partial charge in [0.05, 0.1) is 7.11 Å². The van der Waals surface area contributed by atoms with Crippen LogP contribution in [-0.4, -0.2) is 17.9 Å². The van der Waals surface area contributed by atoms with E-state index >= 15 is 0 Å². The zero-order valence-electron chi connectivity index (χ0n) is 11.7. The maximum atomic E-state index is 11.5. The third kappa shape index (κ3) is 3.35. The second-order valence-corrected chi connectivity index (χ2v) is 4.38. The van der Waals surface area contributed by atoms with E-state index in [9.17, 15) is 4.79 Å². The average Bonchev–Trinajstić information content (AvgIpc) is 2.53. The van der Waals surface area contributed by atoms with Crippen molar-refractivity contribution in [2.75, 3.05) is 12.4 Å². The van der Waals surface area contributed by atoms with Gasteiger partial charge < -0.3 is 10.1 Å². The molecular formula is C16H18N2O2. The number of hydrogen-bond acceptors (Lipinski definition) is 4. The zero-order chi connectivity index (χ0) is 14.4. The zero-order valence-corrected chi connectivity index (χ0v) is 11.7. The number of ether oxygens (including phenoxy) is 1. The summed E-state index contributed by atoms with van der Waals surface area (Å²) in [6.45, 7) is 2.49. The number of methoxy groups -OCH3 is 1. The number of aromatic nitrogens is 1. The molecule has 1 N–H and O–H groups in total. The molecule has 0 unspecified atom stereocenters. The summed E-state index contributed by atoms with van der Waals surface area (Å²) >= 11 is 0. The number of pyridine rings is 1. The number of benzene rings is 1. The lowest BCUT2D eigenvalue weighted by atomic mass is 10.1. The third-order valence-electron chi connectivity index (χ3n) is 3.05. The van der Waals surface area contributed by atoms with Crippen LogP contribution in [0.4, 0.5) is 5.69 Å². The summed E-state index contributed by atoms with van der Waals surface area (Å²) < 4.78 is 5.20. The van der Waals surface area contributed by atoms with Gasteiger partial charge in [0.1, 0.15) is 0 Å². The minimum atomic E-state index is 0.158. The number of nitrogens with zero attached hydrogens (tertiary/aromatic N) is 1. The molecule has 0 bridgehead atoms. The molecule has 1 aromatic carbocycles. The largest absolute Gasteiger partial charge is 0.481 e. The Morgan fingerprint density at radius 2 is 2.00 bits per heavy atom. The van der Waals surface area contributed by atoms with E-state index in [1.807, 2.05) is 43.3 Å². The molecule has 0 radical (unpaired) electrons. The summed E-state index contributed by atoms with van der Waals surface area (Å²) in [7, 11) is 1.61. The van der Waals surface area contributed by atoms with Crippen LogP contribution in [0.2, 0.25) is 0 Å². The maximum Gasteiger partial charge on any atom is 0.218 e. The summed E-state index contributed by atoms with van der Waals surface area (Å²) in [5, 5.41) is 3.29. The normalized spacial score (nSPS) is 10.1. The summed E-state index contributed by atoms with van der Waals surface area (Å²) in [5.74, 6) is 0.781. The number of carbonyl (C=O) groups excluding carboxylic acids is 1. The Hall–Kier alpha value is -2.36. The lowest BCUT2D eigenvalue weighted by Crippen LogP contribution is -2.03. The van der Waals surface area contributed by atoms with E-state index in [-0.39, 0.29) is 5.78 Å². The van der Waals surface area contributed by atoms with E-state index in [4.69, 9.17) is 4.74 Å². The Morgan fingerprint density at radius 3 is 2.65 bits per heavy atom. The van der Waals surface area contributed by atoms with Crippen LogP contribution in [0.5, 0.6) is 5.88 Å². The van der Waals surface area contributed by atoms with Crippen molar-refractivity contribution in [2.45, 2.75) is 19.9 Å². The first kappa shape index (κ1) is 14.1. The number of nitrogens with one attached hydrogen (secondary N) is 1. The molecule has 4 heteroatoms. The third-order valence-corrected chi connectivity index (χ3v) is 3.05. The lowest BCUT2D eigenvalue weighted by Gasteiger charge is -2.09. The van der Waals surface area contributed by atoms with Gasteiger partial charge in [0.25, 0.3) is 0 Å². The summed E-state index contributed by atoms with van der Waals surface area (Å²) in [5.41, 5.74) is 2.70. The van der Waals surface area contributed by atoms with Gasteiger partial charge in [-0.15, -0.1) is 0 Å². The van der Waals surface area contributed by atoms with Crippen LogP contribution in [0.15, 0.2) is 42.6 Å². The van der Waals surface area contributed by atoms with Crippen LogP contribution in [0.3, 0.4) is 0 Å². The highest BCUT2D eigenvalue weighted by atomic mass is 16.5. The second-order valence-electron chi connectivity index (χ2n) is 4.38. The molecule has 4 nitrogen and oxygen atoms in total. The number of anilines is 1. The number of hydrogen-bond donors (Lipinski definition) is 1. The fraction of sp³-hybridized carbons (Fsp3) is 0.250. The quantitative estimate of drug-likeness (QED) is 0.818. The number of Topliss-reactive ketones (excluding diaryl/α,β-unsaturated/α-hetero) is 1. The predicted molar refractivity (Wildman–Crippen MR) is 79.2 cm³/mol. The standard InChI is InChI=1S/C16H18N2O2/c1-3-15(19)12-6-8-14(9-7-12)18-11-13-5-4-10-17-16(13)20-2/h4-10,18H,3,11H2,1-2H3. The number of ketones is 1. The SMILES string of the molecule is CCC(=O)c1ccc(NCc2cccnc2OC)cc1. The van der Waals surface area contributed by atoms with Crippen molar-refractivity contribution in [3.63, 3.8) is 0 Å². The van der Waals surface area contributed by atoms with E-state index in [2.05, 4.69) is 10.3 Å². The molecule has 0 spiro atoms. The highest BCUT2D eigenvalue weighted by Crippen LogP contribution is 2.17. The summed E-state index contributed by atoms with van der Waals surface area (Å²) in [4.78, 5) is 15.7. The Kier molecular flexibility index (Phi) is 4.71. The first-order valence-corrected chi connectivity index (χ1v) is 6.59. The van der Waals surface area contributed by atoms with Crippen LogP contribution in [0.1, 0.15) is 29.3 Å². The van der Waals surface area contributed by atoms with E-state index in [1.165, 1.54) is 0 Å². The molecule has 0 atom stereocenters. The minimum Gasteiger partial charge on any atom is -0.481 e. The highest BCUT2D eigenvalue weighted by Gasteiger charge is 2.04. The predicted octanol–water partition coefficient (Wildman–Crippen LogP) is 3.30. The Bertz CT molecular complexity index is 579. The number of carbonyl (C=O) groups is 1. The van der Waals surface area contributed by atoms with Crippen LogP contribution < -0.4 is 10.1 Å². The molecule has 0 amide bonds. The first-order chi connectivity index (χ1) is 9.74. The molecule has 0 saturated heterocycles. The Morgan fingerprint density at radius 1 is 1.25 bits per heavy atom. The molecular weight excluding hydrogens is 252 g/mol. The van der Waals surface area contributed by atoms with Crippen LogP contribution in [0.25, 0.3) is 0 Å². The first-order valence-electron chi connectivity index (χ1n) is 6.59. The summed E-state index contributed by atoms with van der Waals surface area (Å²) in [6, 6.07) is 11.3. The second kappa shape index (κ2) is 6.70. The molecule has 1 heterocycles. The van der Waals surface area contributed by atoms with Gasteiger partial charge in [-0.05, 0) is 30.3 Å². The molecule has 0 fully saturated rings.